The number of benzene rings is 1. The van der Waals surface area contributed by atoms with Crippen LogP contribution in [0.1, 0.15) is 30.9 Å². The van der Waals surface area contributed by atoms with Crippen LogP contribution < -0.4 is 10.6 Å². The van der Waals surface area contributed by atoms with Crippen LogP contribution in [-0.4, -0.2) is 15.8 Å². The molecule has 1 heterocycles. The van der Waals surface area contributed by atoms with Crippen molar-refractivity contribution in [3.63, 3.8) is 0 Å². The van der Waals surface area contributed by atoms with E-state index in [1.807, 2.05) is 37.5 Å². The summed E-state index contributed by atoms with van der Waals surface area (Å²) < 4.78 is 1.71. The number of urea groups is 1. The maximum Gasteiger partial charge on any atom is 0.319 e. The zero-order valence-corrected chi connectivity index (χ0v) is 12.1. The van der Waals surface area contributed by atoms with E-state index in [9.17, 15) is 4.79 Å². The first-order valence-electron chi connectivity index (χ1n) is 6.67. The fourth-order valence-corrected chi connectivity index (χ4v) is 1.87. The van der Waals surface area contributed by atoms with Gasteiger partial charge in [-0.3, -0.25) is 4.68 Å². The molecule has 0 aliphatic rings. The highest BCUT2D eigenvalue weighted by atomic mass is 16.2. The molecular formula is C15H20N4O. The Bertz CT molecular complexity index is 572. The van der Waals surface area contributed by atoms with Crippen LogP contribution in [0.2, 0.25) is 0 Å². The van der Waals surface area contributed by atoms with Gasteiger partial charge < -0.3 is 10.6 Å². The number of hydrogen-bond acceptors (Lipinski definition) is 2. The molecule has 0 aliphatic carbocycles. The number of aromatic nitrogens is 2. The highest BCUT2D eigenvalue weighted by molar-refractivity contribution is 5.89. The van der Waals surface area contributed by atoms with Crippen molar-refractivity contribution >= 4 is 11.7 Å². The highest BCUT2D eigenvalue weighted by Crippen LogP contribution is 2.16. The molecule has 1 aromatic heterocycles. The van der Waals surface area contributed by atoms with Gasteiger partial charge in [0, 0.05) is 31.0 Å². The van der Waals surface area contributed by atoms with Gasteiger partial charge in [-0.2, -0.15) is 5.10 Å². The predicted octanol–water partition coefficient (Wildman–Crippen LogP) is 2.87. The van der Waals surface area contributed by atoms with Crippen LogP contribution in [0, 0.1) is 0 Å². The summed E-state index contributed by atoms with van der Waals surface area (Å²) in [6.07, 6.45) is 3.61. The van der Waals surface area contributed by atoms with E-state index in [0.29, 0.717) is 12.5 Å². The Morgan fingerprint density at radius 2 is 2.00 bits per heavy atom. The number of amides is 2. The highest BCUT2D eigenvalue weighted by Gasteiger charge is 2.04. The fraction of sp³-hybridized carbons (Fsp3) is 0.333. The molecule has 1 aromatic carbocycles. The minimum atomic E-state index is -0.217. The van der Waals surface area contributed by atoms with Gasteiger partial charge in [0.25, 0.3) is 0 Å². The van der Waals surface area contributed by atoms with E-state index < -0.39 is 0 Å². The number of carbonyl (C=O) groups excluding carboxylic acids is 1. The summed E-state index contributed by atoms with van der Waals surface area (Å²) in [6, 6.07) is 7.67. The average molecular weight is 272 g/mol. The third-order valence-electron chi connectivity index (χ3n) is 3.05. The first kappa shape index (κ1) is 14.1. The molecular weight excluding hydrogens is 252 g/mol. The molecule has 20 heavy (non-hydrogen) atoms. The quantitative estimate of drug-likeness (QED) is 0.899. The maximum atomic E-state index is 11.8. The second-order valence-electron chi connectivity index (χ2n) is 5.11. The Morgan fingerprint density at radius 1 is 1.30 bits per heavy atom. The van der Waals surface area contributed by atoms with Crippen molar-refractivity contribution in [2.45, 2.75) is 26.3 Å². The summed E-state index contributed by atoms with van der Waals surface area (Å²) in [6.45, 7) is 4.75. The number of anilines is 1. The molecule has 5 heteroatoms. The van der Waals surface area contributed by atoms with Gasteiger partial charge in [-0.05, 0) is 23.6 Å². The standard InChI is InChI=1S/C15H20N4O/c1-11(2)13-4-6-14(7-5-13)18-15(20)16-8-12-9-17-19(3)10-12/h4-7,9-11H,8H2,1-3H3,(H2,16,18,20). The minimum Gasteiger partial charge on any atom is -0.334 e. The summed E-state index contributed by atoms with van der Waals surface area (Å²) in [5.41, 5.74) is 3.02. The summed E-state index contributed by atoms with van der Waals surface area (Å²) in [5.74, 6) is 0.489. The molecule has 0 aliphatic heterocycles. The van der Waals surface area contributed by atoms with Crippen LogP contribution in [0.15, 0.2) is 36.7 Å². The van der Waals surface area contributed by atoms with Crippen LogP contribution in [0.5, 0.6) is 0 Å². The number of hydrogen-bond donors (Lipinski definition) is 2. The Labute approximate surface area is 119 Å². The lowest BCUT2D eigenvalue weighted by Gasteiger charge is -2.09. The Morgan fingerprint density at radius 3 is 2.55 bits per heavy atom. The van der Waals surface area contributed by atoms with Crippen molar-refractivity contribution in [2.75, 3.05) is 5.32 Å². The second-order valence-corrected chi connectivity index (χ2v) is 5.11. The van der Waals surface area contributed by atoms with E-state index in [0.717, 1.165) is 11.3 Å². The lowest BCUT2D eigenvalue weighted by Crippen LogP contribution is -2.28. The maximum absolute atomic E-state index is 11.8. The third kappa shape index (κ3) is 3.85. The van der Waals surface area contributed by atoms with Gasteiger partial charge in [0.05, 0.1) is 6.20 Å². The van der Waals surface area contributed by atoms with E-state index in [-0.39, 0.29) is 6.03 Å². The molecule has 0 unspecified atom stereocenters. The molecule has 0 spiro atoms. The molecule has 2 aromatic rings. The van der Waals surface area contributed by atoms with Crippen LogP contribution >= 0.6 is 0 Å². The largest absolute Gasteiger partial charge is 0.334 e. The van der Waals surface area contributed by atoms with E-state index in [1.54, 1.807) is 10.9 Å². The smallest absolute Gasteiger partial charge is 0.319 e. The number of nitrogens with zero attached hydrogens (tertiary/aromatic N) is 2. The van der Waals surface area contributed by atoms with Crippen LogP contribution in [0.3, 0.4) is 0 Å². The molecule has 106 valence electrons. The topological polar surface area (TPSA) is 59.0 Å². The van der Waals surface area contributed by atoms with Gasteiger partial charge in [-0.15, -0.1) is 0 Å². The van der Waals surface area contributed by atoms with E-state index in [1.165, 1.54) is 5.56 Å². The lowest BCUT2D eigenvalue weighted by molar-refractivity contribution is 0.251. The number of aryl methyl sites for hydroxylation is 1. The summed E-state index contributed by atoms with van der Waals surface area (Å²) in [5, 5.41) is 9.65. The molecule has 2 rings (SSSR count). The normalized spacial score (nSPS) is 10.6. The minimum absolute atomic E-state index is 0.217. The zero-order valence-electron chi connectivity index (χ0n) is 12.1. The van der Waals surface area contributed by atoms with Gasteiger partial charge >= 0.3 is 6.03 Å². The van der Waals surface area contributed by atoms with Gasteiger partial charge in [-0.25, -0.2) is 4.79 Å². The summed E-state index contributed by atoms with van der Waals surface area (Å²) >= 11 is 0. The molecule has 2 amide bonds. The molecule has 0 saturated heterocycles. The molecule has 2 N–H and O–H groups in total. The Hall–Kier alpha value is -2.30. The Kier molecular flexibility index (Phi) is 4.40. The fourth-order valence-electron chi connectivity index (χ4n) is 1.87. The summed E-state index contributed by atoms with van der Waals surface area (Å²) in [4.78, 5) is 11.8. The van der Waals surface area contributed by atoms with Crippen LogP contribution in [0.4, 0.5) is 10.5 Å². The molecule has 5 nitrogen and oxygen atoms in total. The molecule has 0 atom stereocenters. The SMILES string of the molecule is CC(C)c1ccc(NC(=O)NCc2cnn(C)c2)cc1. The third-order valence-corrected chi connectivity index (χ3v) is 3.05. The molecule has 0 bridgehead atoms. The Balaban J connectivity index is 1.84. The molecule has 0 fully saturated rings. The molecule has 0 saturated carbocycles. The average Bonchev–Trinajstić information content (AvgIpc) is 2.83. The molecule has 0 radical (unpaired) electrons. The van der Waals surface area contributed by atoms with Crippen molar-refractivity contribution in [1.82, 2.24) is 15.1 Å². The van der Waals surface area contributed by atoms with Crippen LogP contribution in [0.25, 0.3) is 0 Å². The van der Waals surface area contributed by atoms with E-state index in [2.05, 4.69) is 29.6 Å². The lowest BCUT2D eigenvalue weighted by atomic mass is 10.0. The van der Waals surface area contributed by atoms with Gasteiger partial charge in [0.1, 0.15) is 0 Å². The number of rotatable bonds is 4. The monoisotopic (exact) mass is 272 g/mol. The van der Waals surface area contributed by atoms with Gasteiger partial charge in [-0.1, -0.05) is 26.0 Å². The first-order valence-corrected chi connectivity index (χ1v) is 6.67. The second kappa shape index (κ2) is 6.23. The van der Waals surface area contributed by atoms with Crippen molar-refractivity contribution in [1.29, 1.82) is 0 Å². The van der Waals surface area contributed by atoms with Crippen molar-refractivity contribution in [3.05, 3.63) is 47.8 Å². The number of nitrogens with one attached hydrogen (secondary N) is 2. The van der Waals surface area contributed by atoms with E-state index in [4.69, 9.17) is 0 Å². The predicted molar refractivity (Wildman–Crippen MR) is 79.6 cm³/mol. The van der Waals surface area contributed by atoms with Crippen molar-refractivity contribution < 1.29 is 4.79 Å². The first-order chi connectivity index (χ1) is 9.54. The van der Waals surface area contributed by atoms with Gasteiger partial charge in [0.15, 0.2) is 0 Å². The zero-order chi connectivity index (χ0) is 14.5. The number of carbonyl (C=O) groups is 1. The van der Waals surface area contributed by atoms with Gasteiger partial charge in [0.2, 0.25) is 0 Å². The van der Waals surface area contributed by atoms with E-state index >= 15 is 0 Å². The van der Waals surface area contributed by atoms with Crippen molar-refractivity contribution in [3.8, 4) is 0 Å². The van der Waals surface area contributed by atoms with Crippen LogP contribution in [-0.2, 0) is 13.6 Å². The van der Waals surface area contributed by atoms with Crippen molar-refractivity contribution in [2.24, 2.45) is 7.05 Å². The summed E-state index contributed by atoms with van der Waals surface area (Å²) in [7, 11) is 1.85.